The second-order valence-electron chi connectivity index (χ2n) is 8.38. The Kier molecular flexibility index (Phi) is 5.52. The third-order valence-corrected chi connectivity index (χ3v) is 5.53. The molecule has 4 aliphatic rings. The molecule has 0 amide bonds. The van der Waals surface area contributed by atoms with Gasteiger partial charge in [-0.15, -0.1) is 0 Å². The number of hydrogen-bond acceptors (Lipinski definition) is 8. The molecule has 4 aliphatic heterocycles. The predicted octanol–water partition coefficient (Wildman–Crippen LogP) is 2.46. The molecule has 4 saturated heterocycles. The second-order valence-corrected chi connectivity index (χ2v) is 8.38. The van der Waals surface area contributed by atoms with Crippen LogP contribution in [0.3, 0.4) is 0 Å². The van der Waals surface area contributed by atoms with Crippen molar-refractivity contribution in [3.8, 4) is 34.1 Å². The number of ether oxygens (including phenoxy) is 8. The van der Waals surface area contributed by atoms with Crippen LogP contribution in [0.1, 0.15) is 0 Å². The van der Waals surface area contributed by atoms with E-state index < -0.39 is 0 Å². The van der Waals surface area contributed by atoms with Crippen molar-refractivity contribution in [2.45, 2.75) is 24.4 Å². The summed E-state index contributed by atoms with van der Waals surface area (Å²) in [5.41, 5.74) is 1.92. The average molecular weight is 442 g/mol. The van der Waals surface area contributed by atoms with Crippen LogP contribution in [0.2, 0.25) is 0 Å². The highest BCUT2D eigenvalue weighted by Crippen LogP contribution is 2.39. The van der Waals surface area contributed by atoms with Gasteiger partial charge in [0.2, 0.25) is 0 Å². The summed E-state index contributed by atoms with van der Waals surface area (Å²) in [6.07, 6.45) is 0.683. The molecule has 4 atom stereocenters. The number of hydrogen-bond donors (Lipinski definition) is 0. The lowest BCUT2D eigenvalue weighted by Crippen LogP contribution is -2.09. The summed E-state index contributed by atoms with van der Waals surface area (Å²) in [7, 11) is 0. The Morgan fingerprint density at radius 2 is 1.09 bits per heavy atom. The van der Waals surface area contributed by atoms with Gasteiger partial charge < -0.3 is 37.9 Å². The van der Waals surface area contributed by atoms with Gasteiger partial charge in [0.15, 0.2) is 11.5 Å². The Bertz CT molecular complexity index is 947. The molecule has 32 heavy (non-hydrogen) atoms. The lowest BCUT2D eigenvalue weighted by atomic mass is 10.0. The van der Waals surface area contributed by atoms with Crippen molar-refractivity contribution in [2.75, 3.05) is 52.9 Å². The van der Waals surface area contributed by atoms with Crippen LogP contribution >= 0.6 is 0 Å². The summed E-state index contributed by atoms with van der Waals surface area (Å²) >= 11 is 0. The standard InChI is InChI=1S/C24H26O8/c1-4-22(30-12-18-9-27-18)24(32-14-20-11-29-20)5-15(1)21-3-2-16(25-7-17-8-26-17)6-23(21)31-13-19-10-28-19/h1-6,17-20H,7-14H2. The van der Waals surface area contributed by atoms with Crippen molar-refractivity contribution in [1.82, 2.24) is 0 Å². The maximum atomic E-state index is 6.10. The first-order valence-corrected chi connectivity index (χ1v) is 11.1. The van der Waals surface area contributed by atoms with Crippen LogP contribution in [0, 0.1) is 0 Å². The minimum absolute atomic E-state index is 0.155. The molecule has 0 spiro atoms. The molecule has 0 saturated carbocycles. The van der Waals surface area contributed by atoms with Crippen LogP contribution in [-0.4, -0.2) is 77.3 Å². The molecule has 6 rings (SSSR count). The fourth-order valence-corrected chi connectivity index (χ4v) is 3.25. The van der Waals surface area contributed by atoms with Gasteiger partial charge in [-0.1, -0.05) is 6.07 Å². The van der Waals surface area contributed by atoms with Gasteiger partial charge in [-0.05, 0) is 29.8 Å². The molecule has 4 heterocycles. The zero-order valence-corrected chi connectivity index (χ0v) is 17.7. The highest BCUT2D eigenvalue weighted by atomic mass is 16.6. The molecule has 0 radical (unpaired) electrons. The van der Waals surface area contributed by atoms with Crippen molar-refractivity contribution >= 4 is 0 Å². The topological polar surface area (TPSA) is 87.0 Å². The molecule has 2 aromatic rings. The predicted molar refractivity (Wildman–Crippen MR) is 113 cm³/mol. The molecule has 0 aromatic heterocycles. The smallest absolute Gasteiger partial charge is 0.161 e. The quantitative estimate of drug-likeness (QED) is 0.437. The van der Waals surface area contributed by atoms with Gasteiger partial charge in [-0.25, -0.2) is 0 Å². The Hall–Kier alpha value is -2.52. The maximum Gasteiger partial charge on any atom is 0.161 e. The molecule has 0 N–H and O–H groups in total. The van der Waals surface area contributed by atoms with E-state index in [1.807, 2.05) is 36.4 Å². The fourth-order valence-electron chi connectivity index (χ4n) is 3.25. The van der Waals surface area contributed by atoms with Gasteiger partial charge in [-0.2, -0.15) is 0 Å². The SMILES string of the molecule is c1cc(-c2ccc(OCC3CO3)c(OCC3CO3)c2)c(OCC2CO2)cc1OCC1CO1. The highest BCUT2D eigenvalue weighted by Gasteiger charge is 2.27. The average Bonchev–Trinajstić information content (AvgIpc) is 3.65. The summed E-state index contributed by atoms with van der Waals surface area (Å²) in [5.74, 6) is 2.87. The van der Waals surface area contributed by atoms with Crippen LogP contribution in [0.25, 0.3) is 11.1 Å². The third-order valence-electron chi connectivity index (χ3n) is 5.53. The van der Waals surface area contributed by atoms with E-state index in [0.29, 0.717) is 37.9 Å². The molecule has 0 bridgehead atoms. The first kappa shape index (κ1) is 20.1. The summed E-state index contributed by atoms with van der Waals surface area (Å²) in [4.78, 5) is 0. The van der Waals surface area contributed by atoms with Crippen LogP contribution in [0.4, 0.5) is 0 Å². The van der Waals surface area contributed by atoms with Crippen molar-refractivity contribution in [2.24, 2.45) is 0 Å². The molecule has 0 aliphatic carbocycles. The Balaban J connectivity index is 1.24. The van der Waals surface area contributed by atoms with E-state index in [0.717, 1.165) is 49.1 Å². The van der Waals surface area contributed by atoms with Crippen LogP contribution in [0.5, 0.6) is 23.0 Å². The van der Waals surface area contributed by atoms with E-state index in [1.54, 1.807) is 0 Å². The Labute approximate surface area is 186 Å². The monoisotopic (exact) mass is 442 g/mol. The van der Waals surface area contributed by atoms with E-state index in [9.17, 15) is 0 Å². The van der Waals surface area contributed by atoms with E-state index in [1.165, 1.54) is 0 Å². The first-order valence-electron chi connectivity index (χ1n) is 11.1. The fraction of sp³-hybridized carbons (Fsp3) is 0.500. The van der Waals surface area contributed by atoms with Gasteiger partial charge >= 0.3 is 0 Å². The minimum Gasteiger partial charge on any atom is -0.491 e. The highest BCUT2D eigenvalue weighted by molar-refractivity contribution is 5.74. The summed E-state index contributed by atoms with van der Waals surface area (Å²) in [6, 6.07) is 11.8. The van der Waals surface area contributed by atoms with E-state index in [-0.39, 0.29) is 24.4 Å². The zero-order valence-electron chi connectivity index (χ0n) is 17.7. The lowest BCUT2D eigenvalue weighted by molar-refractivity contribution is 0.228. The van der Waals surface area contributed by atoms with Crippen molar-refractivity contribution < 1.29 is 37.9 Å². The van der Waals surface area contributed by atoms with E-state index in [4.69, 9.17) is 37.9 Å². The molecule has 170 valence electrons. The maximum absolute atomic E-state index is 6.10. The van der Waals surface area contributed by atoms with Crippen LogP contribution in [-0.2, 0) is 18.9 Å². The number of benzene rings is 2. The largest absolute Gasteiger partial charge is 0.491 e. The number of rotatable bonds is 13. The summed E-state index contributed by atoms with van der Waals surface area (Å²) < 4.78 is 45.0. The summed E-state index contributed by atoms with van der Waals surface area (Å²) in [6.45, 7) is 5.05. The van der Waals surface area contributed by atoms with Gasteiger partial charge in [0, 0.05) is 11.6 Å². The molecule has 2 aromatic carbocycles. The Morgan fingerprint density at radius 3 is 1.69 bits per heavy atom. The number of epoxide rings is 4. The van der Waals surface area contributed by atoms with Crippen LogP contribution < -0.4 is 18.9 Å². The molecule has 4 fully saturated rings. The minimum atomic E-state index is 0.155. The van der Waals surface area contributed by atoms with E-state index >= 15 is 0 Å². The van der Waals surface area contributed by atoms with Gasteiger partial charge in [0.25, 0.3) is 0 Å². The van der Waals surface area contributed by atoms with Crippen LogP contribution in [0.15, 0.2) is 36.4 Å². The van der Waals surface area contributed by atoms with Crippen molar-refractivity contribution in [3.63, 3.8) is 0 Å². The zero-order chi connectivity index (χ0) is 21.3. The second kappa shape index (κ2) is 8.78. The third kappa shape index (κ3) is 5.45. The molecule has 8 heteroatoms. The molecular formula is C24H26O8. The van der Waals surface area contributed by atoms with Crippen molar-refractivity contribution in [1.29, 1.82) is 0 Å². The first-order chi connectivity index (χ1) is 15.8. The summed E-state index contributed by atoms with van der Waals surface area (Å²) in [5, 5.41) is 0. The van der Waals surface area contributed by atoms with Gasteiger partial charge in [-0.3, -0.25) is 0 Å². The Morgan fingerprint density at radius 1 is 0.562 bits per heavy atom. The molecule has 4 unspecified atom stereocenters. The van der Waals surface area contributed by atoms with Gasteiger partial charge in [0.05, 0.1) is 26.4 Å². The lowest BCUT2D eigenvalue weighted by Gasteiger charge is -2.16. The van der Waals surface area contributed by atoms with Gasteiger partial charge in [0.1, 0.15) is 62.3 Å². The molecule has 8 nitrogen and oxygen atoms in total. The van der Waals surface area contributed by atoms with Crippen molar-refractivity contribution in [3.05, 3.63) is 36.4 Å². The molecular weight excluding hydrogens is 416 g/mol. The normalized spacial score (nSPS) is 26.9. The van der Waals surface area contributed by atoms with E-state index in [2.05, 4.69) is 0 Å².